The third-order valence-electron chi connectivity index (χ3n) is 4.57. The predicted molar refractivity (Wildman–Crippen MR) is 96.0 cm³/mol. The fraction of sp³-hybridized carbons (Fsp3) is 0.150. The minimum Gasteiger partial charge on any atom is -0.464 e. The number of anilines is 1. The smallest absolute Gasteiger partial charge is 0.254 e. The van der Waals surface area contributed by atoms with Gasteiger partial charge in [-0.1, -0.05) is 18.2 Å². The lowest BCUT2D eigenvalue weighted by atomic mass is 9.94. The summed E-state index contributed by atoms with van der Waals surface area (Å²) in [6, 6.07) is 14.8. The Bertz CT molecular complexity index is 1000. The standard InChI is InChI=1S/C20H16N4O2/c21-11-14-18(17-7-4-10-26-17)15-12-24(9-8-16(15)23-19(14)22)20(25)13-5-2-1-3-6-13/h1-7,10H,8-9,12H2,(H2,22,23). The van der Waals surface area contributed by atoms with Gasteiger partial charge >= 0.3 is 0 Å². The van der Waals surface area contributed by atoms with Gasteiger partial charge in [-0.2, -0.15) is 5.26 Å². The molecule has 0 fully saturated rings. The van der Waals surface area contributed by atoms with Crippen molar-refractivity contribution in [1.82, 2.24) is 9.88 Å². The fourth-order valence-electron chi connectivity index (χ4n) is 3.32. The second-order valence-electron chi connectivity index (χ2n) is 6.10. The van der Waals surface area contributed by atoms with Crippen LogP contribution >= 0.6 is 0 Å². The summed E-state index contributed by atoms with van der Waals surface area (Å²) >= 11 is 0. The SMILES string of the molecule is N#Cc1c(N)nc2c(c1-c1ccco1)CN(C(=O)c1ccccc1)CC2. The maximum atomic E-state index is 12.8. The van der Waals surface area contributed by atoms with E-state index >= 15 is 0 Å². The van der Waals surface area contributed by atoms with Crippen molar-refractivity contribution < 1.29 is 9.21 Å². The molecule has 0 aliphatic carbocycles. The van der Waals surface area contributed by atoms with Crippen molar-refractivity contribution >= 4 is 11.7 Å². The fourth-order valence-corrected chi connectivity index (χ4v) is 3.32. The molecule has 1 aliphatic rings. The minimum atomic E-state index is -0.0445. The van der Waals surface area contributed by atoms with Crippen LogP contribution in [-0.4, -0.2) is 22.3 Å². The number of carbonyl (C=O) groups excluding carboxylic acids is 1. The Morgan fingerprint density at radius 3 is 2.73 bits per heavy atom. The summed E-state index contributed by atoms with van der Waals surface area (Å²) in [6.07, 6.45) is 2.13. The van der Waals surface area contributed by atoms with E-state index in [1.165, 1.54) is 0 Å². The molecule has 0 radical (unpaired) electrons. The van der Waals surface area contributed by atoms with Crippen LogP contribution in [0.5, 0.6) is 0 Å². The number of aromatic nitrogens is 1. The van der Waals surface area contributed by atoms with Gasteiger partial charge in [-0.3, -0.25) is 4.79 Å². The molecule has 2 aromatic heterocycles. The van der Waals surface area contributed by atoms with Crippen molar-refractivity contribution in [3.8, 4) is 17.4 Å². The quantitative estimate of drug-likeness (QED) is 0.771. The van der Waals surface area contributed by atoms with Gasteiger partial charge in [-0.15, -0.1) is 0 Å². The highest BCUT2D eigenvalue weighted by Gasteiger charge is 2.28. The molecule has 6 nitrogen and oxygen atoms in total. The zero-order valence-electron chi connectivity index (χ0n) is 14.0. The zero-order valence-corrected chi connectivity index (χ0v) is 14.0. The molecule has 128 valence electrons. The first-order valence-electron chi connectivity index (χ1n) is 8.28. The van der Waals surface area contributed by atoms with Crippen LogP contribution < -0.4 is 5.73 Å². The van der Waals surface area contributed by atoms with Gasteiger partial charge in [-0.05, 0) is 24.3 Å². The first kappa shape index (κ1) is 15.9. The van der Waals surface area contributed by atoms with E-state index in [-0.39, 0.29) is 17.3 Å². The van der Waals surface area contributed by atoms with Crippen molar-refractivity contribution in [2.24, 2.45) is 0 Å². The van der Waals surface area contributed by atoms with Crippen molar-refractivity contribution in [3.05, 3.63) is 71.1 Å². The van der Waals surface area contributed by atoms with Crippen molar-refractivity contribution in [2.45, 2.75) is 13.0 Å². The number of nitrogens with two attached hydrogens (primary N) is 1. The lowest BCUT2D eigenvalue weighted by Crippen LogP contribution is -2.37. The van der Waals surface area contributed by atoms with Crippen LogP contribution in [0.15, 0.2) is 53.1 Å². The Balaban J connectivity index is 1.79. The largest absolute Gasteiger partial charge is 0.464 e. The molecule has 0 saturated carbocycles. The number of amides is 1. The van der Waals surface area contributed by atoms with Gasteiger partial charge in [0.25, 0.3) is 5.91 Å². The minimum absolute atomic E-state index is 0.0445. The first-order valence-corrected chi connectivity index (χ1v) is 8.28. The van der Waals surface area contributed by atoms with E-state index in [0.717, 1.165) is 11.3 Å². The van der Waals surface area contributed by atoms with Gasteiger partial charge in [0.15, 0.2) is 0 Å². The van der Waals surface area contributed by atoms with Gasteiger partial charge in [0.05, 0.1) is 12.0 Å². The Hall–Kier alpha value is -3.59. The van der Waals surface area contributed by atoms with Crippen molar-refractivity contribution in [2.75, 3.05) is 12.3 Å². The summed E-state index contributed by atoms with van der Waals surface area (Å²) in [4.78, 5) is 19.0. The molecule has 0 unspecified atom stereocenters. The van der Waals surface area contributed by atoms with Gasteiger partial charge in [-0.25, -0.2) is 4.98 Å². The number of nitriles is 1. The predicted octanol–water partition coefficient (Wildman–Crippen LogP) is 2.99. The highest BCUT2D eigenvalue weighted by atomic mass is 16.3. The maximum Gasteiger partial charge on any atom is 0.254 e. The van der Waals surface area contributed by atoms with E-state index < -0.39 is 0 Å². The molecule has 6 heteroatoms. The third kappa shape index (κ3) is 2.60. The number of furan rings is 1. The Morgan fingerprint density at radius 2 is 2.04 bits per heavy atom. The van der Waals surface area contributed by atoms with Crippen molar-refractivity contribution in [3.63, 3.8) is 0 Å². The Morgan fingerprint density at radius 1 is 1.23 bits per heavy atom. The second kappa shape index (κ2) is 6.37. The molecule has 1 aliphatic heterocycles. The molecule has 4 rings (SSSR count). The van der Waals surface area contributed by atoms with Crippen LogP contribution in [0.25, 0.3) is 11.3 Å². The van der Waals surface area contributed by atoms with Gasteiger partial charge in [0.1, 0.15) is 23.2 Å². The summed E-state index contributed by atoms with van der Waals surface area (Å²) in [5, 5.41) is 9.56. The molecule has 1 aromatic carbocycles. The molecule has 1 amide bonds. The molecular formula is C20H16N4O2. The molecule has 3 aromatic rings. The third-order valence-corrected chi connectivity index (χ3v) is 4.57. The number of nitrogens with zero attached hydrogens (tertiary/aromatic N) is 3. The highest BCUT2D eigenvalue weighted by Crippen LogP contribution is 2.35. The molecule has 0 saturated heterocycles. The van der Waals surface area contributed by atoms with Crippen molar-refractivity contribution in [1.29, 1.82) is 5.26 Å². The summed E-state index contributed by atoms with van der Waals surface area (Å²) < 4.78 is 5.53. The first-order chi connectivity index (χ1) is 12.7. The molecular weight excluding hydrogens is 328 g/mol. The number of hydrogen-bond donors (Lipinski definition) is 1. The van der Waals surface area contributed by atoms with E-state index in [0.29, 0.717) is 36.4 Å². The molecule has 0 bridgehead atoms. The van der Waals surface area contributed by atoms with E-state index in [2.05, 4.69) is 11.1 Å². The van der Waals surface area contributed by atoms with Gasteiger partial charge in [0, 0.05) is 36.2 Å². The number of benzene rings is 1. The van der Waals surface area contributed by atoms with Crippen LogP contribution in [0.2, 0.25) is 0 Å². The zero-order chi connectivity index (χ0) is 18.1. The average Bonchev–Trinajstić information content (AvgIpc) is 3.21. The molecule has 2 N–H and O–H groups in total. The van der Waals surface area contributed by atoms with Gasteiger partial charge < -0.3 is 15.1 Å². The average molecular weight is 344 g/mol. The van der Waals surface area contributed by atoms with Crippen LogP contribution in [0.4, 0.5) is 5.82 Å². The number of hydrogen-bond acceptors (Lipinski definition) is 5. The van der Waals surface area contributed by atoms with Crippen LogP contribution in [0, 0.1) is 11.3 Å². The van der Waals surface area contributed by atoms with E-state index in [1.54, 1.807) is 35.4 Å². The monoisotopic (exact) mass is 344 g/mol. The lowest BCUT2D eigenvalue weighted by Gasteiger charge is -2.30. The van der Waals surface area contributed by atoms with E-state index in [4.69, 9.17) is 10.2 Å². The molecule has 3 heterocycles. The number of fused-ring (bicyclic) bond motifs is 1. The summed E-state index contributed by atoms with van der Waals surface area (Å²) in [5.74, 6) is 0.707. The molecule has 0 atom stereocenters. The molecule has 0 spiro atoms. The summed E-state index contributed by atoms with van der Waals surface area (Å²) in [5.41, 5.74) is 9.18. The normalized spacial score (nSPS) is 13.1. The van der Waals surface area contributed by atoms with Crippen LogP contribution in [0.1, 0.15) is 27.2 Å². The number of rotatable bonds is 2. The number of pyridine rings is 1. The highest BCUT2D eigenvalue weighted by molar-refractivity contribution is 5.94. The maximum absolute atomic E-state index is 12.8. The van der Waals surface area contributed by atoms with E-state index in [1.807, 2.05) is 18.2 Å². The van der Waals surface area contributed by atoms with Gasteiger partial charge in [0.2, 0.25) is 0 Å². The Kier molecular flexibility index (Phi) is 3.90. The van der Waals surface area contributed by atoms with Crippen LogP contribution in [0.3, 0.4) is 0 Å². The molecule has 26 heavy (non-hydrogen) atoms. The summed E-state index contributed by atoms with van der Waals surface area (Å²) in [6.45, 7) is 0.914. The number of nitrogen functional groups attached to an aromatic ring is 1. The summed E-state index contributed by atoms with van der Waals surface area (Å²) in [7, 11) is 0. The van der Waals surface area contributed by atoms with Crippen LogP contribution in [-0.2, 0) is 13.0 Å². The Labute approximate surface area is 150 Å². The number of carbonyl (C=O) groups is 1. The second-order valence-corrected chi connectivity index (χ2v) is 6.10. The lowest BCUT2D eigenvalue weighted by molar-refractivity contribution is 0.0734. The topological polar surface area (TPSA) is 96.2 Å². The van der Waals surface area contributed by atoms with E-state index in [9.17, 15) is 10.1 Å².